The summed E-state index contributed by atoms with van der Waals surface area (Å²) >= 11 is 0. The highest BCUT2D eigenvalue weighted by atomic mass is 32.2. The van der Waals surface area contributed by atoms with Crippen molar-refractivity contribution in [3.05, 3.63) is 0 Å². The van der Waals surface area contributed by atoms with E-state index in [9.17, 15) is 22.0 Å². The van der Waals surface area contributed by atoms with E-state index in [0.29, 0.717) is 0 Å². The summed E-state index contributed by atoms with van der Waals surface area (Å²) in [5.41, 5.74) is 0. The van der Waals surface area contributed by atoms with Gasteiger partial charge in [0.1, 0.15) is 6.10 Å². The van der Waals surface area contributed by atoms with E-state index >= 15 is 0 Å². The molecule has 0 heterocycles. The maximum absolute atomic E-state index is 11.8. The third kappa shape index (κ3) is 6.64. The van der Waals surface area contributed by atoms with Crippen LogP contribution in [-0.2, 0) is 19.6 Å². The Hall–Kier alpha value is -0.800. The number of sulfonamides is 1. The van der Waals surface area contributed by atoms with Gasteiger partial charge in [0, 0.05) is 6.54 Å². The summed E-state index contributed by atoms with van der Waals surface area (Å²) < 4.78 is 51.8. The SMILES string of the molecule is COC(=O)CCS(=O)(=O)NCC(O)C(F)F. The smallest absolute Gasteiger partial charge is 0.306 e. The van der Waals surface area contributed by atoms with Gasteiger partial charge in [0.05, 0.1) is 19.3 Å². The Labute approximate surface area is 91.6 Å². The second kappa shape index (κ2) is 6.71. The van der Waals surface area contributed by atoms with Crippen LogP contribution in [0, 0.1) is 0 Å². The molecule has 0 aliphatic rings. The largest absolute Gasteiger partial charge is 0.469 e. The fourth-order valence-corrected chi connectivity index (χ4v) is 1.70. The average Bonchev–Trinajstić information content (AvgIpc) is 2.22. The van der Waals surface area contributed by atoms with Crippen LogP contribution < -0.4 is 4.72 Å². The summed E-state index contributed by atoms with van der Waals surface area (Å²) in [6.45, 7) is -0.791. The van der Waals surface area contributed by atoms with Crippen LogP contribution in [0.5, 0.6) is 0 Å². The van der Waals surface area contributed by atoms with Crippen LogP contribution in [0.1, 0.15) is 6.42 Å². The lowest BCUT2D eigenvalue weighted by Crippen LogP contribution is -2.37. The molecule has 0 aromatic rings. The van der Waals surface area contributed by atoms with Crippen LogP contribution in [0.4, 0.5) is 8.78 Å². The van der Waals surface area contributed by atoms with Crippen LogP contribution in [0.25, 0.3) is 0 Å². The molecule has 6 nitrogen and oxygen atoms in total. The van der Waals surface area contributed by atoms with Gasteiger partial charge in [0.15, 0.2) is 0 Å². The molecule has 1 unspecified atom stereocenters. The van der Waals surface area contributed by atoms with Gasteiger partial charge in [-0.25, -0.2) is 21.9 Å². The lowest BCUT2D eigenvalue weighted by atomic mass is 10.4. The van der Waals surface area contributed by atoms with Gasteiger partial charge in [0.2, 0.25) is 10.0 Å². The highest BCUT2D eigenvalue weighted by Gasteiger charge is 2.20. The van der Waals surface area contributed by atoms with Gasteiger partial charge in [-0.15, -0.1) is 0 Å². The van der Waals surface area contributed by atoms with Gasteiger partial charge >= 0.3 is 5.97 Å². The molecular weight excluding hydrogens is 248 g/mol. The van der Waals surface area contributed by atoms with Crippen molar-refractivity contribution in [2.45, 2.75) is 19.0 Å². The predicted octanol–water partition coefficient (Wildman–Crippen LogP) is -0.905. The minimum Gasteiger partial charge on any atom is -0.469 e. The molecule has 1 atom stereocenters. The van der Waals surface area contributed by atoms with Gasteiger partial charge in [-0.05, 0) is 0 Å². The Kier molecular flexibility index (Phi) is 6.38. The monoisotopic (exact) mass is 261 g/mol. The Bertz CT molecular complexity index is 319. The number of methoxy groups -OCH3 is 1. The molecule has 0 saturated heterocycles. The molecule has 0 bridgehead atoms. The van der Waals surface area contributed by atoms with Gasteiger partial charge in [0.25, 0.3) is 6.43 Å². The molecule has 0 fully saturated rings. The number of aliphatic hydroxyl groups is 1. The fourth-order valence-electron chi connectivity index (χ4n) is 0.693. The minimum absolute atomic E-state index is 0.378. The van der Waals surface area contributed by atoms with Crippen LogP contribution in [0.2, 0.25) is 0 Å². The second-order valence-electron chi connectivity index (χ2n) is 2.90. The van der Waals surface area contributed by atoms with Crippen LogP contribution in [-0.4, -0.2) is 51.4 Å². The number of halogens is 2. The standard InChI is InChI=1S/C7H13F2NO5S/c1-15-6(12)2-3-16(13,14)10-4-5(11)7(8)9/h5,7,10-11H,2-4H2,1H3. The van der Waals surface area contributed by atoms with Crippen molar-refractivity contribution in [3.63, 3.8) is 0 Å². The van der Waals surface area contributed by atoms with Crippen LogP contribution >= 0.6 is 0 Å². The number of carbonyl (C=O) groups excluding carboxylic acids is 1. The number of esters is 1. The van der Waals surface area contributed by atoms with Gasteiger partial charge in [-0.2, -0.15) is 0 Å². The van der Waals surface area contributed by atoms with E-state index in [4.69, 9.17) is 5.11 Å². The lowest BCUT2D eigenvalue weighted by Gasteiger charge is -2.10. The minimum atomic E-state index is -3.86. The molecule has 0 radical (unpaired) electrons. The van der Waals surface area contributed by atoms with Crippen molar-refractivity contribution in [1.29, 1.82) is 0 Å². The van der Waals surface area contributed by atoms with E-state index in [1.807, 2.05) is 0 Å². The zero-order valence-corrected chi connectivity index (χ0v) is 9.34. The molecule has 0 aliphatic carbocycles. The number of ether oxygens (including phenoxy) is 1. The topological polar surface area (TPSA) is 92.7 Å². The fraction of sp³-hybridized carbons (Fsp3) is 0.857. The number of alkyl halides is 2. The van der Waals surface area contributed by atoms with Gasteiger partial charge in [-0.3, -0.25) is 4.79 Å². The van der Waals surface area contributed by atoms with E-state index in [0.717, 1.165) is 7.11 Å². The summed E-state index contributed by atoms with van der Waals surface area (Å²) in [5.74, 6) is -1.30. The number of rotatable bonds is 7. The van der Waals surface area contributed by atoms with E-state index < -0.39 is 40.8 Å². The van der Waals surface area contributed by atoms with E-state index in [1.54, 1.807) is 4.72 Å². The van der Waals surface area contributed by atoms with E-state index in [1.165, 1.54) is 0 Å². The van der Waals surface area contributed by atoms with Crippen molar-refractivity contribution >= 4 is 16.0 Å². The van der Waals surface area contributed by atoms with Gasteiger partial charge < -0.3 is 9.84 Å². The Balaban J connectivity index is 4.02. The molecule has 0 rings (SSSR count). The third-order valence-corrected chi connectivity index (χ3v) is 2.95. The Morgan fingerprint density at radius 2 is 2.06 bits per heavy atom. The highest BCUT2D eigenvalue weighted by molar-refractivity contribution is 7.89. The molecule has 0 aromatic carbocycles. The molecule has 0 aliphatic heterocycles. The Morgan fingerprint density at radius 3 is 2.50 bits per heavy atom. The molecule has 0 aromatic heterocycles. The summed E-state index contributed by atoms with van der Waals surface area (Å²) in [5, 5.41) is 8.64. The lowest BCUT2D eigenvalue weighted by molar-refractivity contribution is -0.140. The van der Waals surface area contributed by atoms with Crippen molar-refractivity contribution in [3.8, 4) is 0 Å². The van der Waals surface area contributed by atoms with E-state index in [-0.39, 0.29) is 6.42 Å². The summed E-state index contributed by atoms with van der Waals surface area (Å²) in [6.07, 6.45) is -5.47. The predicted molar refractivity (Wildman–Crippen MR) is 50.4 cm³/mol. The summed E-state index contributed by atoms with van der Waals surface area (Å²) in [4.78, 5) is 10.6. The van der Waals surface area contributed by atoms with Gasteiger partial charge in [-0.1, -0.05) is 0 Å². The maximum atomic E-state index is 11.8. The molecule has 0 saturated carbocycles. The first kappa shape index (κ1) is 15.2. The second-order valence-corrected chi connectivity index (χ2v) is 4.82. The molecule has 9 heteroatoms. The number of hydrogen-bond donors (Lipinski definition) is 2. The summed E-state index contributed by atoms with van der Waals surface area (Å²) in [7, 11) is -2.76. The number of carbonyl (C=O) groups is 1. The average molecular weight is 261 g/mol. The maximum Gasteiger partial charge on any atom is 0.306 e. The zero-order chi connectivity index (χ0) is 12.8. The van der Waals surface area contributed by atoms with E-state index in [2.05, 4.69) is 4.74 Å². The third-order valence-electron chi connectivity index (χ3n) is 1.61. The first-order chi connectivity index (χ1) is 7.28. The zero-order valence-electron chi connectivity index (χ0n) is 8.52. The summed E-state index contributed by atoms with van der Waals surface area (Å²) in [6, 6.07) is 0. The molecule has 0 spiro atoms. The first-order valence-electron chi connectivity index (χ1n) is 4.29. The van der Waals surface area contributed by atoms with Crippen molar-refractivity contribution in [2.24, 2.45) is 0 Å². The molecule has 0 amide bonds. The molecule has 2 N–H and O–H groups in total. The molecular formula is C7H13F2NO5S. The quantitative estimate of drug-likeness (QED) is 0.579. The number of aliphatic hydroxyl groups excluding tert-OH is 1. The Morgan fingerprint density at radius 1 is 1.50 bits per heavy atom. The molecule has 96 valence electrons. The van der Waals surface area contributed by atoms with Crippen LogP contribution in [0.3, 0.4) is 0 Å². The number of nitrogens with one attached hydrogen (secondary N) is 1. The van der Waals surface area contributed by atoms with Crippen molar-refractivity contribution in [2.75, 3.05) is 19.4 Å². The van der Waals surface area contributed by atoms with Crippen LogP contribution in [0.15, 0.2) is 0 Å². The van der Waals surface area contributed by atoms with Crippen molar-refractivity contribution < 1.29 is 31.8 Å². The normalized spacial score (nSPS) is 13.8. The van der Waals surface area contributed by atoms with Crippen molar-refractivity contribution in [1.82, 2.24) is 4.72 Å². The highest BCUT2D eigenvalue weighted by Crippen LogP contribution is 2.00. The molecule has 16 heavy (non-hydrogen) atoms. The first-order valence-corrected chi connectivity index (χ1v) is 5.94. The number of hydrogen-bond acceptors (Lipinski definition) is 5.